The van der Waals surface area contributed by atoms with Crippen molar-refractivity contribution in [2.75, 3.05) is 13.1 Å². The lowest BCUT2D eigenvalue weighted by atomic mass is 9.80. The van der Waals surface area contributed by atoms with E-state index in [1.165, 1.54) is 0 Å². The van der Waals surface area contributed by atoms with E-state index in [1.807, 2.05) is 4.90 Å². The number of nitrogens with one attached hydrogen (secondary N) is 1. The van der Waals surface area contributed by atoms with Crippen molar-refractivity contribution in [3.8, 4) is 0 Å². The molecule has 1 aliphatic carbocycles. The lowest BCUT2D eigenvalue weighted by molar-refractivity contribution is -0.140. The smallest absolute Gasteiger partial charge is 0.317 e. The number of hydrogen-bond donors (Lipinski definition) is 2. The van der Waals surface area contributed by atoms with Gasteiger partial charge < -0.3 is 15.3 Å². The summed E-state index contributed by atoms with van der Waals surface area (Å²) in [5.41, 5.74) is 0.219. The van der Waals surface area contributed by atoms with Crippen LogP contribution in [0.15, 0.2) is 12.2 Å². The van der Waals surface area contributed by atoms with Crippen molar-refractivity contribution in [3.63, 3.8) is 0 Å². The van der Waals surface area contributed by atoms with Gasteiger partial charge in [0.2, 0.25) is 0 Å². The van der Waals surface area contributed by atoms with Gasteiger partial charge in [-0.15, -0.1) is 0 Å². The molecule has 0 aromatic heterocycles. The molecule has 112 valence electrons. The first kappa shape index (κ1) is 14.9. The average Bonchev–Trinajstić information content (AvgIpc) is 2.95. The molecule has 5 heteroatoms. The lowest BCUT2D eigenvalue weighted by Gasteiger charge is -2.27. The predicted octanol–water partition coefficient (Wildman–Crippen LogP) is 2.09. The van der Waals surface area contributed by atoms with Crippen LogP contribution >= 0.6 is 0 Å². The summed E-state index contributed by atoms with van der Waals surface area (Å²) >= 11 is 0. The van der Waals surface area contributed by atoms with Gasteiger partial charge in [0.15, 0.2) is 0 Å². The normalized spacial score (nSPS) is 29.8. The molecule has 1 fully saturated rings. The summed E-state index contributed by atoms with van der Waals surface area (Å²) in [6.07, 6.45) is 4.94. The predicted molar refractivity (Wildman–Crippen MR) is 76.3 cm³/mol. The standard InChI is InChI=1S/C15H24N2O3/c1-15(2,3)11-6-7-17(9-11)14(20)16-12-5-4-10(8-12)13(18)19/h4-5,10-12H,6-9H2,1-3H3,(H,16,20)(H,18,19). The highest BCUT2D eigenvalue weighted by Crippen LogP contribution is 2.33. The Hall–Kier alpha value is -1.52. The Kier molecular flexibility index (Phi) is 4.06. The van der Waals surface area contributed by atoms with Crippen molar-refractivity contribution >= 4 is 12.0 Å². The van der Waals surface area contributed by atoms with Gasteiger partial charge in [-0.2, -0.15) is 0 Å². The molecular formula is C15H24N2O3. The molecule has 0 bridgehead atoms. The van der Waals surface area contributed by atoms with Crippen LogP contribution in [0.1, 0.15) is 33.6 Å². The summed E-state index contributed by atoms with van der Waals surface area (Å²) in [6.45, 7) is 8.18. The molecule has 3 atom stereocenters. The molecule has 0 spiro atoms. The number of likely N-dealkylation sites (tertiary alicyclic amines) is 1. The van der Waals surface area contributed by atoms with E-state index in [9.17, 15) is 9.59 Å². The lowest BCUT2D eigenvalue weighted by Crippen LogP contribution is -2.43. The van der Waals surface area contributed by atoms with Gasteiger partial charge in [-0.05, 0) is 24.2 Å². The van der Waals surface area contributed by atoms with Gasteiger partial charge in [-0.1, -0.05) is 32.9 Å². The van der Waals surface area contributed by atoms with E-state index in [1.54, 1.807) is 12.2 Å². The topological polar surface area (TPSA) is 69.6 Å². The van der Waals surface area contributed by atoms with E-state index >= 15 is 0 Å². The minimum atomic E-state index is -0.827. The highest BCUT2D eigenvalue weighted by Gasteiger charge is 2.35. The van der Waals surface area contributed by atoms with Crippen LogP contribution in [-0.4, -0.2) is 41.1 Å². The number of hydrogen-bond acceptors (Lipinski definition) is 2. The molecule has 1 heterocycles. The minimum absolute atomic E-state index is 0.0718. The van der Waals surface area contributed by atoms with Crippen LogP contribution in [-0.2, 0) is 4.79 Å². The van der Waals surface area contributed by atoms with Crippen LogP contribution in [0.2, 0.25) is 0 Å². The second-order valence-corrected chi connectivity index (χ2v) is 6.92. The van der Waals surface area contributed by atoms with Crippen LogP contribution in [0.4, 0.5) is 4.79 Å². The third-order valence-electron chi connectivity index (χ3n) is 4.41. The maximum absolute atomic E-state index is 12.2. The number of rotatable bonds is 2. The number of carbonyl (C=O) groups excluding carboxylic acids is 1. The van der Waals surface area contributed by atoms with Crippen molar-refractivity contribution in [3.05, 3.63) is 12.2 Å². The Morgan fingerprint density at radius 2 is 2.00 bits per heavy atom. The van der Waals surface area contributed by atoms with Crippen molar-refractivity contribution < 1.29 is 14.7 Å². The Morgan fingerprint density at radius 1 is 1.30 bits per heavy atom. The van der Waals surface area contributed by atoms with E-state index in [4.69, 9.17) is 5.11 Å². The van der Waals surface area contributed by atoms with Crippen molar-refractivity contribution in [2.45, 2.75) is 39.7 Å². The Labute approximate surface area is 120 Å². The molecule has 2 rings (SSSR count). The first-order valence-electron chi connectivity index (χ1n) is 7.24. The molecule has 2 amide bonds. The molecule has 2 N–H and O–H groups in total. The zero-order valence-corrected chi connectivity index (χ0v) is 12.4. The molecule has 0 radical (unpaired) electrons. The number of nitrogens with zero attached hydrogens (tertiary/aromatic N) is 1. The number of carboxylic acids is 1. The van der Waals surface area contributed by atoms with Gasteiger partial charge >= 0.3 is 12.0 Å². The van der Waals surface area contributed by atoms with E-state index in [0.29, 0.717) is 12.3 Å². The molecular weight excluding hydrogens is 256 g/mol. The van der Waals surface area contributed by atoms with E-state index < -0.39 is 11.9 Å². The Morgan fingerprint density at radius 3 is 2.50 bits per heavy atom. The fraction of sp³-hybridized carbons (Fsp3) is 0.733. The van der Waals surface area contributed by atoms with Gasteiger partial charge in [-0.3, -0.25) is 4.79 Å². The molecule has 3 unspecified atom stereocenters. The van der Waals surface area contributed by atoms with Crippen LogP contribution in [0, 0.1) is 17.3 Å². The summed E-state index contributed by atoms with van der Waals surface area (Å²) in [7, 11) is 0. The molecule has 0 aromatic rings. The number of urea groups is 1. The third-order valence-corrected chi connectivity index (χ3v) is 4.41. The summed E-state index contributed by atoms with van der Waals surface area (Å²) < 4.78 is 0. The van der Waals surface area contributed by atoms with E-state index in [2.05, 4.69) is 26.1 Å². The number of amides is 2. The van der Waals surface area contributed by atoms with E-state index in [-0.39, 0.29) is 17.5 Å². The number of carbonyl (C=O) groups is 2. The largest absolute Gasteiger partial charge is 0.481 e. The Bertz CT molecular complexity index is 425. The van der Waals surface area contributed by atoms with Gasteiger partial charge in [-0.25, -0.2) is 4.79 Å². The highest BCUT2D eigenvalue weighted by molar-refractivity contribution is 5.76. The molecule has 1 saturated heterocycles. The first-order valence-corrected chi connectivity index (χ1v) is 7.24. The fourth-order valence-electron chi connectivity index (χ4n) is 2.89. The van der Waals surface area contributed by atoms with Crippen LogP contribution in [0.5, 0.6) is 0 Å². The highest BCUT2D eigenvalue weighted by atomic mass is 16.4. The SMILES string of the molecule is CC(C)(C)C1CCN(C(=O)NC2C=CC(C(=O)O)C2)C1. The number of aliphatic carboxylic acids is 1. The van der Waals surface area contributed by atoms with Crippen LogP contribution < -0.4 is 5.32 Å². The minimum Gasteiger partial charge on any atom is -0.481 e. The molecule has 5 nitrogen and oxygen atoms in total. The third kappa shape index (κ3) is 3.32. The van der Waals surface area contributed by atoms with Crippen molar-refractivity contribution in [1.29, 1.82) is 0 Å². The van der Waals surface area contributed by atoms with Crippen molar-refractivity contribution in [2.24, 2.45) is 17.3 Å². The Balaban J connectivity index is 1.83. The van der Waals surface area contributed by atoms with Gasteiger partial charge in [0.05, 0.1) is 12.0 Å². The molecule has 0 saturated carbocycles. The molecule has 1 aliphatic heterocycles. The molecule has 2 aliphatic rings. The average molecular weight is 280 g/mol. The first-order chi connectivity index (χ1) is 9.27. The summed E-state index contributed by atoms with van der Waals surface area (Å²) in [4.78, 5) is 24.9. The van der Waals surface area contributed by atoms with Crippen LogP contribution in [0.25, 0.3) is 0 Å². The van der Waals surface area contributed by atoms with Crippen molar-refractivity contribution in [1.82, 2.24) is 10.2 Å². The maximum Gasteiger partial charge on any atom is 0.317 e. The second-order valence-electron chi connectivity index (χ2n) is 6.92. The quantitative estimate of drug-likeness (QED) is 0.761. The van der Waals surface area contributed by atoms with E-state index in [0.717, 1.165) is 19.5 Å². The molecule has 20 heavy (non-hydrogen) atoms. The second kappa shape index (κ2) is 5.46. The van der Waals surface area contributed by atoms with Gasteiger partial charge in [0.1, 0.15) is 0 Å². The summed E-state index contributed by atoms with van der Waals surface area (Å²) in [6, 6.07) is -0.227. The zero-order chi connectivity index (χ0) is 14.9. The maximum atomic E-state index is 12.2. The monoisotopic (exact) mass is 280 g/mol. The van der Waals surface area contributed by atoms with Gasteiger partial charge in [0.25, 0.3) is 0 Å². The summed E-state index contributed by atoms with van der Waals surface area (Å²) in [5.74, 6) is -0.771. The fourth-order valence-corrected chi connectivity index (χ4v) is 2.89. The van der Waals surface area contributed by atoms with Gasteiger partial charge in [0, 0.05) is 13.1 Å². The van der Waals surface area contributed by atoms with Crippen LogP contribution in [0.3, 0.4) is 0 Å². The summed E-state index contributed by atoms with van der Waals surface area (Å²) in [5, 5.41) is 11.8. The molecule has 0 aromatic carbocycles. The number of carboxylic acid groups (broad SMARTS) is 1. The zero-order valence-electron chi connectivity index (χ0n) is 12.4.